The molecule has 27 heavy (non-hydrogen) atoms. The third kappa shape index (κ3) is 2.87. The van der Waals surface area contributed by atoms with Gasteiger partial charge in [0.2, 0.25) is 0 Å². The van der Waals surface area contributed by atoms with E-state index in [9.17, 15) is 22.8 Å². The molecule has 4 nitrogen and oxygen atoms in total. The first-order valence-electron chi connectivity index (χ1n) is 8.40. The van der Waals surface area contributed by atoms with Crippen molar-refractivity contribution in [3.63, 3.8) is 0 Å². The van der Waals surface area contributed by atoms with E-state index in [0.29, 0.717) is 11.1 Å². The van der Waals surface area contributed by atoms with Crippen molar-refractivity contribution in [1.82, 2.24) is 0 Å². The van der Waals surface area contributed by atoms with Crippen LogP contribution in [0.4, 0.5) is 13.2 Å². The average Bonchev–Trinajstić information content (AvgIpc) is 2.57. The van der Waals surface area contributed by atoms with Gasteiger partial charge in [-0.25, -0.2) is 13.2 Å². The van der Waals surface area contributed by atoms with E-state index in [4.69, 9.17) is 9.47 Å². The number of ether oxygens (including phenoxy) is 2. The molecule has 0 aromatic heterocycles. The van der Waals surface area contributed by atoms with Crippen molar-refractivity contribution >= 4 is 11.8 Å². The molecule has 0 bridgehead atoms. The lowest BCUT2D eigenvalue weighted by Crippen LogP contribution is -2.37. The van der Waals surface area contributed by atoms with Crippen LogP contribution < -0.4 is 9.47 Å². The Morgan fingerprint density at radius 3 is 2.41 bits per heavy atom. The molecule has 0 amide bonds. The lowest BCUT2D eigenvalue weighted by Gasteiger charge is -2.36. The fourth-order valence-corrected chi connectivity index (χ4v) is 3.62. The molecule has 0 saturated heterocycles. The normalized spacial score (nSPS) is 20.4. The Labute approximate surface area is 152 Å². The number of halogens is 3. The maximum atomic E-state index is 13.8. The van der Waals surface area contributed by atoms with Gasteiger partial charge in [0, 0.05) is 11.5 Å². The van der Waals surface area contributed by atoms with E-state index in [1.807, 2.05) is 0 Å². The molecule has 0 radical (unpaired) electrons. The van der Waals surface area contributed by atoms with Gasteiger partial charge in [-0.15, -0.1) is 0 Å². The van der Waals surface area contributed by atoms with Crippen LogP contribution in [0.5, 0.6) is 11.5 Å². The minimum Gasteiger partial charge on any atom is -0.486 e. The van der Waals surface area contributed by atoms with Crippen molar-refractivity contribution in [3.8, 4) is 11.5 Å². The second-order valence-electron chi connectivity index (χ2n) is 7.35. The van der Waals surface area contributed by atoms with E-state index in [2.05, 4.69) is 0 Å². The van der Waals surface area contributed by atoms with Crippen LogP contribution in [-0.4, -0.2) is 17.4 Å². The molecule has 0 saturated carbocycles. The molecule has 4 rings (SSSR count). The minimum atomic E-state index is -1.58. The van der Waals surface area contributed by atoms with Gasteiger partial charge in [-0.3, -0.25) is 9.59 Å². The topological polar surface area (TPSA) is 52.6 Å². The van der Waals surface area contributed by atoms with E-state index in [-0.39, 0.29) is 35.7 Å². The van der Waals surface area contributed by atoms with Gasteiger partial charge in [0.15, 0.2) is 23.2 Å². The first-order chi connectivity index (χ1) is 12.7. The quantitative estimate of drug-likeness (QED) is 0.423. The number of carbonyl (C=O) groups excluding carboxylic acids is 2. The van der Waals surface area contributed by atoms with E-state index in [0.717, 1.165) is 12.1 Å². The van der Waals surface area contributed by atoms with Gasteiger partial charge < -0.3 is 9.47 Å². The van der Waals surface area contributed by atoms with E-state index >= 15 is 0 Å². The Kier molecular flexibility index (Phi) is 3.80. The maximum absolute atomic E-state index is 13.8. The summed E-state index contributed by atoms with van der Waals surface area (Å²) in [5.41, 5.74) is -0.0420. The standard InChI is InChI=1S/C20H15F3O4/c1-20(2)8-14(24)10-3-4-15-17(19(10)27-20)11(7-16(25)26-15)9-5-12(21)18(23)13(22)6-9/h3-6,11H,7-8H2,1-2H3. The van der Waals surface area contributed by atoms with Crippen molar-refractivity contribution in [1.29, 1.82) is 0 Å². The molecule has 0 spiro atoms. The summed E-state index contributed by atoms with van der Waals surface area (Å²) in [6, 6.07) is 4.67. The van der Waals surface area contributed by atoms with Crippen LogP contribution in [0.25, 0.3) is 0 Å². The number of rotatable bonds is 1. The summed E-state index contributed by atoms with van der Waals surface area (Å²) in [6.07, 6.45) is -0.0466. The van der Waals surface area contributed by atoms with Crippen LogP contribution >= 0.6 is 0 Å². The molecule has 2 aliphatic rings. The number of Topliss-reactive ketones (excluding diaryl/α,β-unsaturated/α-hetero) is 1. The zero-order chi connectivity index (χ0) is 19.5. The summed E-state index contributed by atoms with van der Waals surface area (Å²) >= 11 is 0. The number of fused-ring (bicyclic) bond motifs is 3. The SMILES string of the molecule is CC1(C)CC(=O)c2ccc3c(c2O1)C(c1cc(F)c(F)c(F)c1)CC(=O)O3. The smallest absolute Gasteiger partial charge is 0.312 e. The summed E-state index contributed by atoms with van der Waals surface area (Å²) in [5.74, 6) is -5.47. The van der Waals surface area contributed by atoms with Gasteiger partial charge in [-0.05, 0) is 43.7 Å². The lowest BCUT2D eigenvalue weighted by molar-refractivity contribution is -0.135. The van der Waals surface area contributed by atoms with E-state index in [1.54, 1.807) is 13.8 Å². The van der Waals surface area contributed by atoms with Gasteiger partial charge >= 0.3 is 5.97 Å². The van der Waals surface area contributed by atoms with E-state index in [1.165, 1.54) is 12.1 Å². The highest BCUT2D eigenvalue weighted by molar-refractivity contribution is 6.01. The van der Waals surface area contributed by atoms with Crippen LogP contribution in [-0.2, 0) is 4.79 Å². The minimum absolute atomic E-state index is 0.0668. The molecule has 140 valence electrons. The lowest BCUT2D eigenvalue weighted by atomic mass is 9.82. The number of hydrogen-bond donors (Lipinski definition) is 0. The maximum Gasteiger partial charge on any atom is 0.312 e. The highest BCUT2D eigenvalue weighted by atomic mass is 19.2. The Balaban J connectivity index is 1.95. The molecule has 1 atom stereocenters. The highest BCUT2D eigenvalue weighted by Gasteiger charge is 2.40. The van der Waals surface area contributed by atoms with Crippen LogP contribution in [0.15, 0.2) is 24.3 Å². The van der Waals surface area contributed by atoms with Gasteiger partial charge in [0.05, 0.1) is 18.4 Å². The van der Waals surface area contributed by atoms with E-state index < -0.39 is 34.9 Å². The second-order valence-corrected chi connectivity index (χ2v) is 7.35. The summed E-state index contributed by atoms with van der Waals surface area (Å²) in [7, 11) is 0. The summed E-state index contributed by atoms with van der Waals surface area (Å²) in [4.78, 5) is 24.5. The molecule has 2 heterocycles. The Morgan fingerprint density at radius 2 is 1.74 bits per heavy atom. The van der Waals surface area contributed by atoms with Crippen molar-refractivity contribution in [2.45, 2.75) is 38.2 Å². The third-order valence-electron chi connectivity index (χ3n) is 4.77. The van der Waals surface area contributed by atoms with Crippen molar-refractivity contribution in [2.24, 2.45) is 0 Å². The van der Waals surface area contributed by atoms with Crippen LogP contribution in [0.2, 0.25) is 0 Å². The number of carbonyl (C=O) groups is 2. The fraction of sp³-hybridized carbons (Fsp3) is 0.300. The van der Waals surface area contributed by atoms with Crippen molar-refractivity contribution in [2.75, 3.05) is 0 Å². The van der Waals surface area contributed by atoms with Crippen molar-refractivity contribution in [3.05, 3.63) is 58.4 Å². The Bertz CT molecular complexity index is 974. The first-order valence-corrected chi connectivity index (χ1v) is 8.40. The molecule has 0 aliphatic carbocycles. The first kappa shape index (κ1) is 17.6. The Morgan fingerprint density at radius 1 is 1.07 bits per heavy atom. The number of ketones is 1. The second kappa shape index (κ2) is 5.84. The Hall–Kier alpha value is -2.83. The van der Waals surface area contributed by atoms with Crippen LogP contribution in [0.1, 0.15) is 54.1 Å². The molecule has 1 unspecified atom stereocenters. The average molecular weight is 376 g/mol. The van der Waals surface area contributed by atoms with Gasteiger partial charge in [0.25, 0.3) is 0 Å². The highest BCUT2D eigenvalue weighted by Crippen LogP contribution is 2.49. The molecule has 0 fully saturated rings. The molecular formula is C20H15F3O4. The molecular weight excluding hydrogens is 361 g/mol. The fourth-order valence-electron chi connectivity index (χ4n) is 3.62. The number of benzene rings is 2. The summed E-state index contributed by atoms with van der Waals surface area (Å²) in [5, 5.41) is 0. The summed E-state index contributed by atoms with van der Waals surface area (Å²) in [6.45, 7) is 3.49. The molecule has 2 aliphatic heterocycles. The predicted molar refractivity (Wildman–Crippen MR) is 88.5 cm³/mol. The summed E-state index contributed by atoms with van der Waals surface area (Å²) < 4.78 is 52.1. The van der Waals surface area contributed by atoms with Crippen LogP contribution in [0, 0.1) is 17.5 Å². The van der Waals surface area contributed by atoms with Gasteiger partial charge in [-0.2, -0.15) is 0 Å². The zero-order valence-corrected chi connectivity index (χ0v) is 14.6. The molecule has 2 aromatic rings. The van der Waals surface area contributed by atoms with Gasteiger partial charge in [0.1, 0.15) is 17.1 Å². The van der Waals surface area contributed by atoms with Gasteiger partial charge in [-0.1, -0.05) is 0 Å². The molecule has 0 N–H and O–H groups in total. The molecule has 2 aromatic carbocycles. The van der Waals surface area contributed by atoms with Crippen molar-refractivity contribution < 1.29 is 32.2 Å². The van der Waals surface area contributed by atoms with Crippen LogP contribution in [0.3, 0.4) is 0 Å². The monoisotopic (exact) mass is 376 g/mol. The third-order valence-corrected chi connectivity index (χ3v) is 4.77. The number of hydrogen-bond acceptors (Lipinski definition) is 4. The zero-order valence-electron chi connectivity index (χ0n) is 14.6. The number of esters is 1. The predicted octanol–water partition coefficient (Wildman–Crippen LogP) is 4.29. The largest absolute Gasteiger partial charge is 0.486 e. The molecule has 7 heteroatoms.